The number of nitrogens with two attached hydrogens (primary N) is 1. The van der Waals surface area contributed by atoms with Crippen LogP contribution in [0.15, 0.2) is 36.5 Å². The quantitative estimate of drug-likeness (QED) is 0.708. The van der Waals surface area contributed by atoms with E-state index >= 15 is 0 Å². The maximum Gasteiger partial charge on any atom is 0.229 e. The maximum absolute atomic E-state index is 5.92. The first-order valence-corrected chi connectivity index (χ1v) is 6.45. The Morgan fingerprint density at radius 2 is 2.16 bits per heavy atom. The van der Waals surface area contributed by atoms with E-state index in [2.05, 4.69) is 20.6 Å². The van der Waals surface area contributed by atoms with Gasteiger partial charge in [0.2, 0.25) is 5.95 Å². The molecule has 100 valence electrons. The van der Waals surface area contributed by atoms with Crippen LogP contribution in [0.4, 0.5) is 17.5 Å². The SMILES string of the molecule is NCCCNc1ccnc(Nc2cccc(Cl)c2)n1. The molecular formula is C13H16ClN5. The summed E-state index contributed by atoms with van der Waals surface area (Å²) in [7, 11) is 0. The largest absolute Gasteiger partial charge is 0.370 e. The Bertz CT molecular complexity index is 532. The molecule has 0 amide bonds. The zero-order valence-electron chi connectivity index (χ0n) is 10.4. The highest BCUT2D eigenvalue weighted by Crippen LogP contribution is 2.18. The molecule has 0 saturated carbocycles. The third kappa shape index (κ3) is 4.39. The molecule has 0 bridgehead atoms. The Labute approximate surface area is 117 Å². The molecule has 2 rings (SSSR count). The molecule has 1 aromatic heterocycles. The number of hydrogen-bond donors (Lipinski definition) is 3. The molecule has 0 unspecified atom stereocenters. The highest BCUT2D eigenvalue weighted by Gasteiger charge is 2.00. The van der Waals surface area contributed by atoms with E-state index in [-0.39, 0.29) is 0 Å². The third-order valence-corrected chi connectivity index (χ3v) is 2.66. The van der Waals surface area contributed by atoms with E-state index in [4.69, 9.17) is 17.3 Å². The summed E-state index contributed by atoms with van der Waals surface area (Å²) in [6, 6.07) is 9.23. The van der Waals surface area contributed by atoms with Crippen molar-refractivity contribution < 1.29 is 0 Å². The first-order chi connectivity index (χ1) is 9.28. The Morgan fingerprint density at radius 1 is 1.26 bits per heavy atom. The number of aromatic nitrogens is 2. The van der Waals surface area contributed by atoms with Crippen molar-refractivity contribution in [1.29, 1.82) is 0 Å². The number of rotatable bonds is 6. The molecule has 5 nitrogen and oxygen atoms in total. The number of halogens is 1. The fraction of sp³-hybridized carbons (Fsp3) is 0.231. The van der Waals surface area contributed by atoms with Crippen molar-refractivity contribution >= 4 is 29.1 Å². The van der Waals surface area contributed by atoms with E-state index in [0.717, 1.165) is 24.5 Å². The topological polar surface area (TPSA) is 75.9 Å². The number of nitrogens with zero attached hydrogens (tertiary/aromatic N) is 2. The van der Waals surface area contributed by atoms with Gasteiger partial charge in [0.1, 0.15) is 5.82 Å². The van der Waals surface area contributed by atoms with Gasteiger partial charge < -0.3 is 16.4 Å². The molecule has 1 aromatic carbocycles. The zero-order valence-corrected chi connectivity index (χ0v) is 11.2. The summed E-state index contributed by atoms with van der Waals surface area (Å²) in [6.45, 7) is 1.45. The Hall–Kier alpha value is -1.85. The van der Waals surface area contributed by atoms with Crippen LogP contribution in [0.1, 0.15) is 6.42 Å². The van der Waals surface area contributed by atoms with Gasteiger partial charge in [-0.2, -0.15) is 4.98 Å². The van der Waals surface area contributed by atoms with Gasteiger partial charge in [0, 0.05) is 23.5 Å². The van der Waals surface area contributed by atoms with Crippen molar-refractivity contribution in [2.45, 2.75) is 6.42 Å². The molecule has 0 fully saturated rings. The molecule has 0 saturated heterocycles. The fourth-order valence-electron chi connectivity index (χ4n) is 1.53. The fourth-order valence-corrected chi connectivity index (χ4v) is 1.72. The van der Waals surface area contributed by atoms with Gasteiger partial charge in [0.05, 0.1) is 0 Å². The lowest BCUT2D eigenvalue weighted by Crippen LogP contribution is -2.10. The van der Waals surface area contributed by atoms with Crippen LogP contribution in [0, 0.1) is 0 Å². The van der Waals surface area contributed by atoms with E-state index in [1.54, 1.807) is 6.20 Å². The van der Waals surface area contributed by atoms with E-state index in [0.29, 0.717) is 17.5 Å². The predicted octanol–water partition coefficient (Wildman–Crippen LogP) is 2.63. The third-order valence-electron chi connectivity index (χ3n) is 2.42. The van der Waals surface area contributed by atoms with Gasteiger partial charge >= 0.3 is 0 Å². The molecule has 0 atom stereocenters. The number of anilines is 3. The van der Waals surface area contributed by atoms with Gasteiger partial charge in [-0.15, -0.1) is 0 Å². The van der Waals surface area contributed by atoms with Gasteiger partial charge in [0.15, 0.2) is 0 Å². The first kappa shape index (κ1) is 13.6. The highest BCUT2D eigenvalue weighted by molar-refractivity contribution is 6.30. The smallest absolute Gasteiger partial charge is 0.229 e. The summed E-state index contributed by atoms with van der Waals surface area (Å²) in [4.78, 5) is 8.51. The van der Waals surface area contributed by atoms with Crippen molar-refractivity contribution in [2.24, 2.45) is 5.73 Å². The molecule has 2 aromatic rings. The van der Waals surface area contributed by atoms with Crippen LogP contribution in [-0.4, -0.2) is 23.1 Å². The van der Waals surface area contributed by atoms with Gasteiger partial charge in [-0.05, 0) is 37.2 Å². The van der Waals surface area contributed by atoms with Crippen molar-refractivity contribution in [3.05, 3.63) is 41.6 Å². The molecule has 19 heavy (non-hydrogen) atoms. The minimum absolute atomic E-state index is 0.528. The van der Waals surface area contributed by atoms with Crippen LogP contribution >= 0.6 is 11.6 Å². The lowest BCUT2D eigenvalue weighted by Gasteiger charge is -2.08. The van der Waals surface area contributed by atoms with Gasteiger partial charge in [-0.3, -0.25) is 0 Å². The van der Waals surface area contributed by atoms with Crippen LogP contribution < -0.4 is 16.4 Å². The number of nitrogens with one attached hydrogen (secondary N) is 2. The standard InChI is InChI=1S/C13H16ClN5/c14-10-3-1-4-11(9-10)18-13-17-8-5-12(19-13)16-7-2-6-15/h1,3-5,8-9H,2,6-7,15H2,(H2,16,17,18,19). The molecule has 0 aliphatic carbocycles. The van der Waals surface area contributed by atoms with Crippen molar-refractivity contribution in [3.8, 4) is 0 Å². The summed E-state index contributed by atoms with van der Waals surface area (Å²) in [5.74, 6) is 1.30. The maximum atomic E-state index is 5.92. The number of hydrogen-bond acceptors (Lipinski definition) is 5. The Balaban J connectivity index is 2.02. The molecule has 4 N–H and O–H groups in total. The summed E-state index contributed by atoms with van der Waals surface area (Å²) in [6.07, 6.45) is 2.60. The zero-order chi connectivity index (χ0) is 13.5. The monoisotopic (exact) mass is 277 g/mol. The minimum Gasteiger partial charge on any atom is -0.370 e. The predicted molar refractivity (Wildman–Crippen MR) is 78.9 cm³/mol. The van der Waals surface area contributed by atoms with Gasteiger partial charge in [-0.1, -0.05) is 17.7 Å². The average Bonchev–Trinajstić information content (AvgIpc) is 2.39. The van der Waals surface area contributed by atoms with Crippen molar-refractivity contribution in [1.82, 2.24) is 9.97 Å². The van der Waals surface area contributed by atoms with Crippen LogP contribution in [0.3, 0.4) is 0 Å². The van der Waals surface area contributed by atoms with Crippen LogP contribution in [0.2, 0.25) is 5.02 Å². The van der Waals surface area contributed by atoms with Crippen LogP contribution in [0.5, 0.6) is 0 Å². The highest BCUT2D eigenvalue weighted by atomic mass is 35.5. The van der Waals surface area contributed by atoms with E-state index in [9.17, 15) is 0 Å². The molecule has 1 heterocycles. The summed E-state index contributed by atoms with van der Waals surface area (Å²) in [5.41, 5.74) is 6.29. The van der Waals surface area contributed by atoms with Crippen LogP contribution in [0.25, 0.3) is 0 Å². The molecule has 0 aliphatic heterocycles. The van der Waals surface area contributed by atoms with E-state index in [1.165, 1.54) is 0 Å². The van der Waals surface area contributed by atoms with Gasteiger partial charge in [0.25, 0.3) is 0 Å². The molecular weight excluding hydrogens is 262 g/mol. The second kappa shape index (κ2) is 6.92. The normalized spacial score (nSPS) is 10.2. The summed E-state index contributed by atoms with van der Waals surface area (Å²) >= 11 is 5.92. The lowest BCUT2D eigenvalue weighted by molar-refractivity contribution is 0.869. The summed E-state index contributed by atoms with van der Waals surface area (Å²) < 4.78 is 0. The Morgan fingerprint density at radius 3 is 2.95 bits per heavy atom. The first-order valence-electron chi connectivity index (χ1n) is 6.07. The molecule has 0 spiro atoms. The molecule has 0 radical (unpaired) electrons. The minimum atomic E-state index is 0.528. The van der Waals surface area contributed by atoms with Gasteiger partial charge in [-0.25, -0.2) is 4.98 Å². The average molecular weight is 278 g/mol. The Kier molecular flexibility index (Phi) is 4.94. The number of benzene rings is 1. The van der Waals surface area contributed by atoms with E-state index in [1.807, 2.05) is 30.3 Å². The van der Waals surface area contributed by atoms with Crippen LogP contribution in [-0.2, 0) is 0 Å². The molecule has 0 aliphatic rings. The van der Waals surface area contributed by atoms with E-state index < -0.39 is 0 Å². The van der Waals surface area contributed by atoms with Crippen molar-refractivity contribution in [2.75, 3.05) is 23.7 Å². The van der Waals surface area contributed by atoms with Crippen molar-refractivity contribution in [3.63, 3.8) is 0 Å². The summed E-state index contributed by atoms with van der Waals surface area (Å²) in [5, 5.41) is 6.96. The second-order valence-corrected chi connectivity index (χ2v) is 4.41. The molecule has 6 heteroatoms. The second-order valence-electron chi connectivity index (χ2n) is 3.97. The lowest BCUT2D eigenvalue weighted by atomic mass is 10.3.